The van der Waals surface area contributed by atoms with Gasteiger partial charge < -0.3 is 21.3 Å². The summed E-state index contributed by atoms with van der Waals surface area (Å²) >= 11 is 0. The standard InChI is InChI=1S/C11H14N2O4/c1-6(2-10(12)16)13-11(17)7-3-8(14)5-9(15)4-7/h3-6,14-15H,2H2,1H3,(H2,12,16)(H,13,17). The van der Waals surface area contributed by atoms with Gasteiger partial charge in [0.15, 0.2) is 0 Å². The number of aromatic hydroxyl groups is 2. The lowest BCUT2D eigenvalue weighted by molar-refractivity contribution is -0.118. The van der Waals surface area contributed by atoms with Crippen LogP contribution in [0.2, 0.25) is 0 Å². The summed E-state index contributed by atoms with van der Waals surface area (Å²) in [5.74, 6) is -1.43. The van der Waals surface area contributed by atoms with Crippen molar-refractivity contribution in [3.63, 3.8) is 0 Å². The number of carbonyl (C=O) groups excluding carboxylic acids is 2. The molecular weight excluding hydrogens is 224 g/mol. The van der Waals surface area contributed by atoms with Crippen LogP contribution >= 0.6 is 0 Å². The molecule has 0 spiro atoms. The van der Waals surface area contributed by atoms with Crippen LogP contribution in [0.25, 0.3) is 0 Å². The van der Waals surface area contributed by atoms with Crippen LogP contribution in [0, 0.1) is 0 Å². The second-order valence-corrected chi connectivity index (χ2v) is 3.78. The number of phenols is 2. The van der Waals surface area contributed by atoms with Crippen molar-refractivity contribution in [3.8, 4) is 11.5 Å². The molecule has 1 aromatic carbocycles. The predicted octanol–water partition coefficient (Wildman–Crippen LogP) is 0.0915. The molecule has 6 heteroatoms. The monoisotopic (exact) mass is 238 g/mol. The Kier molecular flexibility index (Phi) is 3.92. The molecule has 0 fully saturated rings. The van der Waals surface area contributed by atoms with Crippen LogP contribution in [0.15, 0.2) is 18.2 Å². The van der Waals surface area contributed by atoms with Crippen molar-refractivity contribution < 1.29 is 19.8 Å². The fourth-order valence-electron chi connectivity index (χ4n) is 1.39. The van der Waals surface area contributed by atoms with E-state index < -0.39 is 17.9 Å². The lowest BCUT2D eigenvalue weighted by atomic mass is 10.1. The van der Waals surface area contributed by atoms with Crippen LogP contribution < -0.4 is 11.1 Å². The van der Waals surface area contributed by atoms with E-state index in [1.165, 1.54) is 12.1 Å². The van der Waals surface area contributed by atoms with Crippen LogP contribution in [0.4, 0.5) is 0 Å². The Morgan fingerprint density at radius 1 is 1.29 bits per heavy atom. The summed E-state index contributed by atoms with van der Waals surface area (Å²) in [5, 5.41) is 20.9. The molecule has 0 saturated heterocycles. The van der Waals surface area contributed by atoms with Crippen molar-refractivity contribution in [2.24, 2.45) is 5.73 Å². The van der Waals surface area contributed by atoms with E-state index in [2.05, 4.69) is 5.32 Å². The van der Waals surface area contributed by atoms with Crippen molar-refractivity contribution in [1.82, 2.24) is 5.32 Å². The summed E-state index contributed by atoms with van der Waals surface area (Å²) in [5.41, 5.74) is 5.10. The lowest BCUT2D eigenvalue weighted by Gasteiger charge is -2.12. The van der Waals surface area contributed by atoms with E-state index in [9.17, 15) is 19.8 Å². The Morgan fingerprint density at radius 2 is 1.82 bits per heavy atom. The molecule has 0 aliphatic rings. The van der Waals surface area contributed by atoms with E-state index in [0.717, 1.165) is 6.07 Å². The summed E-state index contributed by atoms with van der Waals surface area (Å²) in [7, 11) is 0. The molecule has 5 N–H and O–H groups in total. The third-order valence-electron chi connectivity index (χ3n) is 2.05. The van der Waals surface area contributed by atoms with Gasteiger partial charge in [-0.1, -0.05) is 0 Å². The van der Waals surface area contributed by atoms with Gasteiger partial charge in [0.2, 0.25) is 5.91 Å². The minimum Gasteiger partial charge on any atom is -0.508 e. The number of phenolic OH excluding ortho intramolecular Hbond substituents is 2. The molecule has 17 heavy (non-hydrogen) atoms. The molecule has 6 nitrogen and oxygen atoms in total. The number of hydrogen-bond donors (Lipinski definition) is 4. The van der Waals surface area contributed by atoms with Crippen LogP contribution in [0.3, 0.4) is 0 Å². The first-order valence-electron chi connectivity index (χ1n) is 5.00. The number of primary amides is 1. The molecule has 0 aliphatic heterocycles. The Labute approximate surface area is 98.1 Å². The minimum atomic E-state index is -0.517. The van der Waals surface area contributed by atoms with Crippen molar-refractivity contribution in [3.05, 3.63) is 23.8 Å². The number of amides is 2. The maximum atomic E-state index is 11.7. The molecule has 1 aromatic rings. The van der Waals surface area contributed by atoms with E-state index in [-0.39, 0.29) is 23.5 Å². The molecule has 1 rings (SSSR count). The summed E-state index contributed by atoms with van der Waals surface area (Å²) in [6, 6.07) is 3.13. The van der Waals surface area contributed by atoms with Gasteiger partial charge in [-0.25, -0.2) is 0 Å². The molecule has 92 valence electrons. The fraction of sp³-hybridized carbons (Fsp3) is 0.273. The van der Waals surface area contributed by atoms with Crippen LogP contribution in [-0.4, -0.2) is 28.1 Å². The van der Waals surface area contributed by atoms with E-state index in [1.807, 2.05) is 0 Å². The highest BCUT2D eigenvalue weighted by molar-refractivity contribution is 5.95. The number of carbonyl (C=O) groups is 2. The maximum absolute atomic E-state index is 11.7. The summed E-state index contributed by atoms with van der Waals surface area (Å²) in [4.78, 5) is 22.3. The zero-order valence-corrected chi connectivity index (χ0v) is 9.30. The van der Waals surface area contributed by atoms with Crippen molar-refractivity contribution in [2.45, 2.75) is 19.4 Å². The predicted molar refractivity (Wildman–Crippen MR) is 60.5 cm³/mol. The summed E-state index contributed by atoms with van der Waals surface area (Å²) < 4.78 is 0. The SMILES string of the molecule is CC(CC(N)=O)NC(=O)c1cc(O)cc(O)c1. The summed E-state index contributed by atoms with van der Waals surface area (Å²) in [6.45, 7) is 1.63. The first-order valence-corrected chi connectivity index (χ1v) is 5.00. The Hall–Kier alpha value is -2.24. The van der Waals surface area contributed by atoms with Gasteiger partial charge in [-0.15, -0.1) is 0 Å². The quantitative estimate of drug-likeness (QED) is 0.595. The maximum Gasteiger partial charge on any atom is 0.251 e. The topological polar surface area (TPSA) is 113 Å². The highest BCUT2D eigenvalue weighted by Gasteiger charge is 2.13. The normalized spacial score (nSPS) is 11.8. The zero-order chi connectivity index (χ0) is 13.0. The highest BCUT2D eigenvalue weighted by atomic mass is 16.3. The highest BCUT2D eigenvalue weighted by Crippen LogP contribution is 2.20. The van der Waals surface area contributed by atoms with E-state index in [0.29, 0.717) is 0 Å². The number of hydrogen-bond acceptors (Lipinski definition) is 4. The molecule has 0 aliphatic carbocycles. The Balaban J connectivity index is 2.72. The van der Waals surface area contributed by atoms with Gasteiger partial charge in [0.1, 0.15) is 11.5 Å². The van der Waals surface area contributed by atoms with Gasteiger partial charge in [-0.2, -0.15) is 0 Å². The van der Waals surface area contributed by atoms with Crippen molar-refractivity contribution in [2.75, 3.05) is 0 Å². The molecular formula is C11H14N2O4. The zero-order valence-electron chi connectivity index (χ0n) is 9.30. The van der Waals surface area contributed by atoms with E-state index >= 15 is 0 Å². The molecule has 0 heterocycles. The van der Waals surface area contributed by atoms with Crippen LogP contribution in [0.5, 0.6) is 11.5 Å². The molecule has 1 unspecified atom stereocenters. The van der Waals surface area contributed by atoms with E-state index in [4.69, 9.17) is 5.73 Å². The fourth-order valence-corrected chi connectivity index (χ4v) is 1.39. The van der Waals surface area contributed by atoms with E-state index in [1.54, 1.807) is 6.92 Å². The molecule has 0 bridgehead atoms. The smallest absolute Gasteiger partial charge is 0.251 e. The molecule has 0 saturated carbocycles. The first kappa shape index (κ1) is 12.8. The van der Waals surface area contributed by atoms with Gasteiger partial charge in [0.25, 0.3) is 5.91 Å². The number of rotatable bonds is 4. The second kappa shape index (κ2) is 5.20. The van der Waals surface area contributed by atoms with Gasteiger partial charge in [0, 0.05) is 24.1 Å². The third-order valence-corrected chi connectivity index (χ3v) is 2.05. The van der Waals surface area contributed by atoms with Crippen molar-refractivity contribution >= 4 is 11.8 Å². The lowest BCUT2D eigenvalue weighted by Crippen LogP contribution is -2.35. The average Bonchev–Trinajstić information content (AvgIpc) is 2.14. The molecule has 0 aromatic heterocycles. The van der Waals surface area contributed by atoms with Crippen LogP contribution in [0.1, 0.15) is 23.7 Å². The first-order chi connectivity index (χ1) is 7.88. The van der Waals surface area contributed by atoms with Gasteiger partial charge in [-0.05, 0) is 19.1 Å². The number of nitrogens with two attached hydrogens (primary N) is 1. The molecule has 2 amide bonds. The largest absolute Gasteiger partial charge is 0.508 e. The second-order valence-electron chi connectivity index (χ2n) is 3.78. The Morgan fingerprint density at radius 3 is 2.29 bits per heavy atom. The van der Waals surface area contributed by atoms with Gasteiger partial charge in [0.05, 0.1) is 0 Å². The molecule has 1 atom stereocenters. The van der Waals surface area contributed by atoms with Gasteiger partial charge in [-0.3, -0.25) is 9.59 Å². The van der Waals surface area contributed by atoms with Crippen LogP contribution in [-0.2, 0) is 4.79 Å². The Bertz CT molecular complexity index is 425. The summed E-state index contributed by atoms with van der Waals surface area (Å²) in [6.07, 6.45) is 0.0243. The van der Waals surface area contributed by atoms with Gasteiger partial charge >= 0.3 is 0 Å². The number of nitrogens with one attached hydrogen (secondary N) is 1. The average molecular weight is 238 g/mol. The molecule has 0 radical (unpaired) electrons. The number of benzene rings is 1. The minimum absolute atomic E-state index is 0.0243. The third kappa shape index (κ3) is 4.02. The van der Waals surface area contributed by atoms with Crippen molar-refractivity contribution in [1.29, 1.82) is 0 Å².